The van der Waals surface area contributed by atoms with Gasteiger partial charge in [-0.05, 0) is 12.0 Å². The predicted octanol–water partition coefficient (Wildman–Crippen LogP) is 2.61. The van der Waals surface area contributed by atoms with Crippen molar-refractivity contribution in [3.05, 3.63) is 35.9 Å². The molecule has 0 radical (unpaired) electrons. The van der Waals surface area contributed by atoms with Crippen LogP contribution < -0.4 is 0 Å². The van der Waals surface area contributed by atoms with E-state index >= 15 is 0 Å². The van der Waals surface area contributed by atoms with Crippen LogP contribution in [0.15, 0.2) is 30.3 Å². The van der Waals surface area contributed by atoms with E-state index in [1.807, 2.05) is 37.3 Å². The maximum Gasteiger partial charge on any atom is 0.409 e. The minimum Gasteiger partial charge on any atom is -0.449 e. The largest absolute Gasteiger partial charge is 0.449 e. The lowest BCUT2D eigenvalue weighted by molar-refractivity contribution is -0.134. The minimum absolute atomic E-state index is 0.246. The van der Waals surface area contributed by atoms with E-state index < -0.39 is 23.6 Å². The molecule has 0 saturated carbocycles. The molecular formula is C18H23FN2O3. The molecule has 2 amide bonds. The second kappa shape index (κ2) is 6.79. The summed E-state index contributed by atoms with van der Waals surface area (Å²) in [6.07, 6.45) is -0.178. The molecule has 1 aromatic rings. The number of amides is 2. The molecule has 0 aromatic heterocycles. The molecule has 1 aromatic carbocycles. The molecule has 2 aliphatic rings. The summed E-state index contributed by atoms with van der Waals surface area (Å²) in [6.45, 7) is 3.65. The molecule has 0 bridgehead atoms. The second-order valence-corrected chi connectivity index (χ2v) is 6.73. The third-order valence-corrected chi connectivity index (χ3v) is 4.78. The van der Waals surface area contributed by atoms with E-state index in [1.54, 1.807) is 4.90 Å². The Balaban J connectivity index is 1.56. The van der Waals surface area contributed by atoms with Gasteiger partial charge in [-0.15, -0.1) is 0 Å². The minimum atomic E-state index is -1.54. The first kappa shape index (κ1) is 16.7. The molecule has 2 heterocycles. The van der Waals surface area contributed by atoms with Crippen molar-refractivity contribution in [2.24, 2.45) is 5.41 Å². The van der Waals surface area contributed by atoms with Crippen molar-refractivity contribution in [3.63, 3.8) is 0 Å². The number of likely N-dealkylation sites (tertiary alicyclic amines) is 2. The van der Waals surface area contributed by atoms with Crippen molar-refractivity contribution < 1.29 is 18.7 Å². The maximum absolute atomic E-state index is 14.5. The fourth-order valence-corrected chi connectivity index (χ4v) is 3.40. The third-order valence-electron chi connectivity index (χ3n) is 4.78. The second-order valence-electron chi connectivity index (χ2n) is 6.73. The van der Waals surface area contributed by atoms with Crippen molar-refractivity contribution in [1.29, 1.82) is 0 Å². The SMILES string of the molecule is CCCCOC(=O)N1CC2(C1)CN(Cc1ccccc1)C(=O)C2F. The number of unbranched alkanes of at least 4 members (excludes halogenated alkanes) is 1. The van der Waals surface area contributed by atoms with E-state index in [0.717, 1.165) is 18.4 Å². The lowest BCUT2D eigenvalue weighted by Crippen LogP contribution is -2.63. The number of benzene rings is 1. The van der Waals surface area contributed by atoms with Gasteiger partial charge in [0.1, 0.15) is 0 Å². The average Bonchev–Trinajstić information content (AvgIpc) is 2.80. The molecule has 6 heteroatoms. The van der Waals surface area contributed by atoms with Gasteiger partial charge in [0, 0.05) is 26.2 Å². The Kier molecular flexibility index (Phi) is 4.73. The predicted molar refractivity (Wildman–Crippen MR) is 87.0 cm³/mol. The lowest BCUT2D eigenvalue weighted by atomic mass is 9.78. The van der Waals surface area contributed by atoms with E-state index in [4.69, 9.17) is 4.74 Å². The monoisotopic (exact) mass is 334 g/mol. The normalized spacial score (nSPS) is 21.9. The smallest absolute Gasteiger partial charge is 0.409 e. The van der Waals surface area contributed by atoms with Gasteiger partial charge in [0.2, 0.25) is 0 Å². The van der Waals surface area contributed by atoms with Crippen LogP contribution in [0.3, 0.4) is 0 Å². The first-order valence-electron chi connectivity index (χ1n) is 8.44. The Bertz CT molecular complexity index is 602. The number of alkyl halides is 1. The van der Waals surface area contributed by atoms with Crippen LogP contribution in [0.4, 0.5) is 9.18 Å². The zero-order chi connectivity index (χ0) is 17.2. The van der Waals surface area contributed by atoms with E-state index in [-0.39, 0.29) is 13.1 Å². The molecule has 24 heavy (non-hydrogen) atoms. The Labute approximate surface area is 141 Å². The highest BCUT2D eigenvalue weighted by atomic mass is 19.1. The van der Waals surface area contributed by atoms with Crippen LogP contribution in [0.1, 0.15) is 25.3 Å². The molecule has 0 aliphatic carbocycles. The Morgan fingerprint density at radius 2 is 2.00 bits per heavy atom. The number of ether oxygens (including phenoxy) is 1. The van der Waals surface area contributed by atoms with Crippen molar-refractivity contribution in [2.75, 3.05) is 26.2 Å². The molecule has 1 unspecified atom stereocenters. The average molecular weight is 334 g/mol. The molecule has 3 rings (SSSR count). The Morgan fingerprint density at radius 3 is 2.67 bits per heavy atom. The summed E-state index contributed by atoms with van der Waals surface area (Å²) in [6, 6.07) is 9.54. The van der Waals surface area contributed by atoms with Gasteiger partial charge in [0.05, 0.1) is 12.0 Å². The summed E-state index contributed by atoms with van der Waals surface area (Å²) in [5.41, 5.74) is 0.209. The van der Waals surface area contributed by atoms with Crippen molar-refractivity contribution in [1.82, 2.24) is 9.80 Å². The third kappa shape index (κ3) is 3.09. The fourth-order valence-electron chi connectivity index (χ4n) is 3.40. The van der Waals surface area contributed by atoms with Crippen LogP contribution in [0.2, 0.25) is 0 Å². The number of halogens is 1. The number of hydrogen-bond acceptors (Lipinski definition) is 3. The van der Waals surface area contributed by atoms with E-state index in [9.17, 15) is 14.0 Å². The summed E-state index contributed by atoms with van der Waals surface area (Å²) < 4.78 is 19.7. The number of nitrogens with zero attached hydrogens (tertiary/aromatic N) is 2. The summed E-state index contributed by atoms with van der Waals surface area (Å²) in [5, 5.41) is 0. The zero-order valence-electron chi connectivity index (χ0n) is 13.9. The summed E-state index contributed by atoms with van der Waals surface area (Å²) in [7, 11) is 0. The van der Waals surface area contributed by atoms with E-state index in [1.165, 1.54) is 4.90 Å². The molecule has 2 aliphatic heterocycles. The van der Waals surface area contributed by atoms with Crippen LogP contribution in [0.5, 0.6) is 0 Å². The van der Waals surface area contributed by atoms with Gasteiger partial charge < -0.3 is 14.5 Å². The summed E-state index contributed by atoms with van der Waals surface area (Å²) in [4.78, 5) is 27.1. The molecule has 2 saturated heterocycles. The van der Waals surface area contributed by atoms with E-state index in [2.05, 4.69) is 0 Å². The molecule has 2 fully saturated rings. The molecular weight excluding hydrogens is 311 g/mol. The van der Waals surface area contributed by atoms with E-state index in [0.29, 0.717) is 19.7 Å². The van der Waals surface area contributed by atoms with Crippen molar-refractivity contribution in [2.45, 2.75) is 32.5 Å². The number of rotatable bonds is 5. The van der Waals surface area contributed by atoms with Gasteiger partial charge in [0.15, 0.2) is 6.17 Å². The Morgan fingerprint density at radius 1 is 1.29 bits per heavy atom. The Hall–Kier alpha value is -2.11. The molecule has 130 valence electrons. The number of carbonyl (C=O) groups is 2. The fraction of sp³-hybridized carbons (Fsp3) is 0.556. The van der Waals surface area contributed by atoms with Gasteiger partial charge in [0.25, 0.3) is 5.91 Å². The molecule has 0 N–H and O–H groups in total. The number of carbonyl (C=O) groups excluding carboxylic acids is 2. The number of hydrogen-bond donors (Lipinski definition) is 0. The first-order chi connectivity index (χ1) is 11.6. The summed E-state index contributed by atoms with van der Waals surface area (Å²) >= 11 is 0. The van der Waals surface area contributed by atoms with Gasteiger partial charge in [-0.2, -0.15) is 0 Å². The van der Waals surface area contributed by atoms with Gasteiger partial charge in [-0.3, -0.25) is 4.79 Å². The van der Waals surface area contributed by atoms with Gasteiger partial charge in [-0.25, -0.2) is 9.18 Å². The standard InChI is InChI=1S/C18H23FN2O3/c1-2-3-9-24-17(23)21-12-18(13-21)11-20(16(22)15(18)19)10-14-7-5-4-6-8-14/h4-8,15H,2-3,9-13H2,1H3. The zero-order valence-corrected chi connectivity index (χ0v) is 13.9. The highest BCUT2D eigenvalue weighted by Gasteiger charge is 2.60. The maximum atomic E-state index is 14.5. The molecule has 1 atom stereocenters. The molecule has 5 nitrogen and oxygen atoms in total. The lowest BCUT2D eigenvalue weighted by Gasteiger charge is -2.47. The van der Waals surface area contributed by atoms with Crippen LogP contribution in [-0.2, 0) is 16.1 Å². The highest BCUT2D eigenvalue weighted by molar-refractivity contribution is 5.85. The van der Waals surface area contributed by atoms with Crippen LogP contribution >= 0.6 is 0 Å². The van der Waals surface area contributed by atoms with Crippen LogP contribution in [-0.4, -0.2) is 54.2 Å². The van der Waals surface area contributed by atoms with Gasteiger partial charge >= 0.3 is 6.09 Å². The topological polar surface area (TPSA) is 49.9 Å². The first-order valence-corrected chi connectivity index (χ1v) is 8.44. The van der Waals surface area contributed by atoms with Crippen molar-refractivity contribution >= 4 is 12.0 Å². The van der Waals surface area contributed by atoms with Gasteiger partial charge in [-0.1, -0.05) is 43.7 Å². The van der Waals surface area contributed by atoms with Crippen molar-refractivity contribution in [3.8, 4) is 0 Å². The van der Waals surface area contributed by atoms with Crippen LogP contribution in [0, 0.1) is 5.41 Å². The quantitative estimate of drug-likeness (QED) is 0.778. The molecule has 1 spiro atoms. The highest BCUT2D eigenvalue weighted by Crippen LogP contribution is 2.42. The van der Waals surface area contributed by atoms with Crippen LogP contribution in [0.25, 0.3) is 0 Å². The summed E-state index contributed by atoms with van der Waals surface area (Å²) in [5.74, 6) is -0.474.